The quantitative estimate of drug-likeness (QED) is 0.0694. The van der Waals surface area contributed by atoms with Gasteiger partial charge in [-0.15, -0.1) is 0 Å². The van der Waals surface area contributed by atoms with E-state index in [0.29, 0.717) is 11.3 Å². The van der Waals surface area contributed by atoms with Crippen molar-refractivity contribution in [3.63, 3.8) is 0 Å². The first-order chi connectivity index (χ1) is 19.2. The highest BCUT2D eigenvalue weighted by Gasteiger charge is 2.48. The molecule has 3 aromatic rings. The third kappa shape index (κ3) is 5.38. The lowest BCUT2D eigenvalue weighted by atomic mass is 9.95. The molecular formula is C28H23N3O8S. The van der Waals surface area contributed by atoms with Crippen LogP contribution in [0.1, 0.15) is 32.5 Å². The molecule has 1 aromatic heterocycles. The third-order valence-electron chi connectivity index (χ3n) is 5.87. The molecule has 11 nitrogen and oxygen atoms in total. The van der Waals surface area contributed by atoms with Gasteiger partial charge >= 0.3 is 11.9 Å². The van der Waals surface area contributed by atoms with Crippen molar-refractivity contribution in [2.45, 2.75) is 13.0 Å². The van der Waals surface area contributed by atoms with Crippen LogP contribution in [0.5, 0.6) is 5.75 Å². The van der Waals surface area contributed by atoms with E-state index in [1.807, 2.05) is 0 Å². The van der Waals surface area contributed by atoms with Crippen LogP contribution in [0.3, 0.4) is 0 Å². The number of nitro benzene ring substituents is 1. The number of amides is 1. The van der Waals surface area contributed by atoms with E-state index in [9.17, 15) is 29.6 Å². The highest BCUT2D eigenvalue weighted by molar-refractivity contribution is 7.17. The van der Waals surface area contributed by atoms with E-state index >= 15 is 0 Å². The van der Waals surface area contributed by atoms with Crippen molar-refractivity contribution in [1.29, 1.82) is 0 Å². The van der Waals surface area contributed by atoms with E-state index < -0.39 is 34.4 Å². The van der Waals surface area contributed by atoms with E-state index in [4.69, 9.17) is 9.47 Å². The molecule has 204 valence electrons. The zero-order valence-electron chi connectivity index (χ0n) is 21.2. The highest BCUT2D eigenvalue weighted by atomic mass is 32.1. The minimum atomic E-state index is -1.19. The maximum Gasteiger partial charge on any atom is 0.350 e. The number of anilines is 1. The molecule has 1 unspecified atom stereocenters. The number of hydrogen-bond acceptors (Lipinski definition) is 10. The number of non-ortho nitro benzene ring substituents is 1. The van der Waals surface area contributed by atoms with Gasteiger partial charge < -0.3 is 14.6 Å². The fourth-order valence-electron chi connectivity index (χ4n) is 4.02. The molecular weight excluding hydrogens is 538 g/mol. The normalized spacial score (nSPS) is 16.0. The van der Waals surface area contributed by atoms with E-state index in [1.165, 1.54) is 42.5 Å². The Morgan fingerprint density at radius 1 is 1.12 bits per heavy atom. The lowest BCUT2D eigenvalue weighted by molar-refractivity contribution is -0.384. The molecule has 1 aliphatic rings. The number of rotatable bonds is 10. The highest BCUT2D eigenvalue weighted by Crippen LogP contribution is 2.44. The molecule has 1 amide bonds. The predicted octanol–water partition coefficient (Wildman–Crippen LogP) is 4.89. The van der Waals surface area contributed by atoms with Crippen LogP contribution in [0.15, 0.2) is 79.4 Å². The standard InChI is InChI=1S/C28H23N3O8S/c1-4-14-38-20-12-8-18(9-13-20)23(32)21-22(17-6-10-19(11-7-17)31(36)37)30(26(34)24(21)33)28-29-16(3)25(40-28)27(35)39-15-5-2/h4-13,22,32H,1-2,14-15H2,3H3/b23-21+. The molecule has 1 N–H and O–H groups in total. The second kappa shape index (κ2) is 11.7. The molecule has 0 spiro atoms. The van der Waals surface area contributed by atoms with Crippen molar-refractivity contribution >= 4 is 45.6 Å². The van der Waals surface area contributed by atoms with Gasteiger partial charge in [0.1, 0.15) is 29.6 Å². The molecule has 1 atom stereocenters. The summed E-state index contributed by atoms with van der Waals surface area (Å²) in [5.41, 5.74) is 0.365. The van der Waals surface area contributed by atoms with Gasteiger partial charge in [-0.1, -0.05) is 36.6 Å². The van der Waals surface area contributed by atoms with Crippen molar-refractivity contribution in [3.8, 4) is 5.75 Å². The maximum absolute atomic E-state index is 13.4. The molecule has 1 fully saturated rings. The summed E-state index contributed by atoms with van der Waals surface area (Å²) in [6.07, 6.45) is 2.98. The Hall–Kier alpha value is -5.10. The Kier molecular flexibility index (Phi) is 8.20. The number of Topliss-reactive ketones (excluding diaryl/α,β-unsaturated/α-hetero) is 1. The second-order valence-electron chi connectivity index (χ2n) is 8.44. The smallest absolute Gasteiger partial charge is 0.350 e. The van der Waals surface area contributed by atoms with Crippen LogP contribution in [0.25, 0.3) is 5.76 Å². The van der Waals surface area contributed by atoms with Gasteiger partial charge in [0.05, 0.1) is 22.2 Å². The van der Waals surface area contributed by atoms with E-state index in [0.717, 1.165) is 16.2 Å². The number of ketones is 1. The molecule has 0 bridgehead atoms. The van der Waals surface area contributed by atoms with Crippen molar-refractivity contribution in [2.24, 2.45) is 0 Å². The summed E-state index contributed by atoms with van der Waals surface area (Å²) in [5.74, 6) is -2.62. The summed E-state index contributed by atoms with van der Waals surface area (Å²) < 4.78 is 10.6. The molecule has 2 heterocycles. The number of ether oxygens (including phenoxy) is 2. The van der Waals surface area contributed by atoms with Crippen LogP contribution >= 0.6 is 11.3 Å². The number of aliphatic hydroxyl groups is 1. The van der Waals surface area contributed by atoms with Crippen molar-refractivity contribution in [2.75, 3.05) is 18.1 Å². The van der Waals surface area contributed by atoms with Crippen LogP contribution in [0.2, 0.25) is 0 Å². The van der Waals surface area contributed by atoms with Gasteiger partial charge in [-0.2, -0.15) is 0 Å². The number of aliphatic hydroxyl groups excluding tert-OH is 1. The minimum absolute atomic E-state index is 0.0146. The van der Waals surface area contributed by atoms with E-state index in [-0.39, 0.29) is 45.7 Å². The number of benzene rings is 2. The largest absolute Gasteiger partial charge is 0.507 e. The second-order valence-corrected chi connectivity index (χ2v) is 9.42. The third-order valence-corrected chi connectivity index (χ3v) is 7.01. The van der Waals surface area contributed by atoms with E-state index in [2.05, 4.69) is 18.1 Å². The first-order valence-corrected chi connectivity index (χ1v) is 12.6. The topological polar surface area (TPSA) is 149 Å². The summed E-state index contributed by atoms with van der Waals surface area (Å²) in [5, 5.41) is 22.5. The van der Waals surface area contributed by atoms with Gasteiger partial charge in [-0.25, -0.2) is 9.78 Å². The van der Waals surface area contributed by atoms with Crippen LogP contribution in [-0.2, 0) is 14.3 Å². The minimum Gasteiger partial charge on any atom is -0.507 e. The average Bonchev–Trinajstić information content (AvgIpc) is 3.46. The van der Waals surface area contributed by atoms with Crippen molar-refractivity contribution in [1.82, 2.24) is 4.98 Å². The number of carbonyl (C=O) groups is 3. The Bertz CT molecular complexity index is 1540. The molecule has 1 aliphatic heterocycles. The van der Waals surface area contributed by atoms with Crippen molar-refractivity contribution < 1.29 is 33.9 Å². The summed E-state index contributed by atoms with van der Waals surface area (Å²) in [6.45, 7) is 8.88. The van der Waals surface area contributed by atoms with Crippen molar-refractivity contribution in [3.05, 3.63) is 111 Å². The Morgan fingerprint density at radius 2 is 1.77 bits per heavy atom. The zero-order valence-corrected chi connectivity index (χ0v) is 22.1. The number of aryl methyl sites for hydroxylation is 1. The average molecular weight is 562 g/mol. The molecule has 12 heteroatoms. The molecule has 0 radical (unpaired) electrons. The summed E-state index contributed by atoms with van der Waals surface area (Å²) >= 11 is 0.843. The first kappa shape index (κ1) is 27.9. The Labute approximate surface area is 232 Å². The summed E-state index contributed by atoms with van der Waals surface area (Å²) in [4.78, 5) is 55.4. The lowest BCUT2D eigenvalue weighted by Gasteiger charge is -2.23. The van der Waals surface area contributed by atoms with Crippen LogP contribution < -0.4 is 9.64 Å². The zero-order chi connectivity index (χ0) is 29.0. The van der Waals surface area contributed by atoms with Gasteiger partial charge in [0.2, 0.25) is 0 Å². The monoisotopic (exact) mass is 561 g/mol. The number of thiazole rings is 1. The SMILES string of the molecule is C=CCOC(=O)c1sc(N2C(=O)C(=O)/C(=C(/O)c3ccc(OCC=C)cc3)C2c2ccc([N+](=O)[O-])cc2)nc1C. The molecule has 4 rings (SSSR count). The van der Waals surface area contributed by atoms with Crippen LogP contribution in [0, 0.1) is 17.0 Å². The Morgan fingerprint density at radius 3 is 2.38 bits per heavy atom. The number of nitrogens with zero attached hydrogens (tertiary/aromatic N) is 3. The molecule has 1 saturated heterocycles. The maximum atomic E-state index is 13.4. The van der Waals surface area contributed by atoms with Gasteiger partial charge in [0, 0.05) is 17.7 Å². The van der Waals surface area contributed by atoms with Gasteiger partial charge in [0.25, 0.3) is 11.5 Å². The number of aromatic nitrogens is 1. The fourth-order valence-corrected chi connectivity index (χ4v) is 5.01. The van der Waals surface area contributed by atoms with Gasteiger partial charge in [0.15, 0.2) is 5.13 Å². The molecule has 0 aliphatic carbocycles. The first-order valence-electron chi connectivity index (χ1n) is 11.8. The lowest BCUT2D eigenvalue weighted by Crippen LogP contribution is -2.29. The van der Waals surface area contributed by atoms with Crippen LogP contribution in [-0.4, -0.2) is 45.9 Å². The number of nitro groups is 1. The summed E-state index contributed by atoms with van der Waals surface area (Å²) in [7, 11) is 0. The fraction of sp³-hybridized carbons (Fsp3) is 0.143. The van der Waals surface area contributed by atoms with Gasteiger partial charge in [-0.3, -0.25) is 24.6 Å². The molecule has 40 heavy (non-hydrogen) atoms. The Balaban J connectivity index is 1.84. The van der Waals surface area contributed by atoms with Gasteiger partial charge in [-0.05, 0) is 48.9 Å². The van der Waals surface area contributed by atoms with E-state index in [1.54, 1.807) is 25.1 Å². The molecule has 2 aromatic carbocycles. The summed E-state index contributed by atoms with van der Waals surface area (Å²) in [6, 6.07) is 10.3. The number of carbonyl (C=O) groups excluding carboxylic acids is 3. The predicted molar refractivity (Wildman–Crippen MR) is 147 cm³/mol. The van der Waals surface area contributed by atoms with Crippen LogP contribution in [0.4, 0.5) is 10.8 Å². The number of esters is 1. The number of hydrogen-bond donors (Lipinski definition) is 1. The molecule has 0 saturated carbocycles.